The van der Waals surface area contributed by atoms with Gasteiger partial charge in [-0.3, -0.25) is 9.59 Å². The lowest BCUT2D eigenvalue weighted by atomic mass is 9.89. The third-order valence-electron chi connectivity index (χ3n) is 5.56. The van der Waals surface area contributed by atoms with Crippen LogP contribution in [-0.2, 0) is 9.59 Å². The maximum absolute atomic E-state index is 13.0. The van der Waals surface area contributed by atoms with Gasteiger partial charge in [0.1, 0.15) is 5.65 Å². The lowest BCUT2D eigenvalue weighted by Gasteiger charge is -2.33. The molecule has 0 spiro atoms. The van der Waals surface area contributed by atoms with Crippen molar-refractivity contribution in [2.45, 2.75) is 42.8 Å². The minimum atomic E-state index is -0.148. The number of nitrogens with one attached hydrogen (secondary N) is 2. The molecular weight excluding hydrogens is 396 g/mol. The highest BCUT2D eigenvalue weighted by Gasteiger charge is 2.28. The van der Waals surface area contributed by atoms with Crippen molar-refractivity contribution in [3.8, 4) is 0 Å². The van der Waals surface area contributed by atoms with Gasteiger partial charge in [0.2, 0.25) is 11.8 Å². The summed E-state index contributed by atoms with van der Waals surface area (Å²) >= 11 is 1.56. The number of nitrogens with zero attached hydrogens (tertiary/aromatic N) is 2. The SMILES string of the molecule is CC(=O)Nc1ccc(SC(C)C(=O)N2CCC(c3c[nH]c4ncccc34)CC2)cc1. The zero-order valence-electron chi connectivity index (χ0n) is 17.2. The first kappa shape index (κ1) is 20.5. The number of aromatic nitrogens is 2. The summed E-state index contributed by atoms with van der Waals surface area (Å²) in [6.45, 7) is 5.01. The second kappa shape index (κ2) is 8.92. The first-order valence-corrected chi connectivity index (χ1v) is 11.1. The largest absolute Gasteiger partial charge is 0.346 e. The Morgan fingerprint density at radius 1 is 1.20 bits per heavy atom. The van der Waals surface area contributed by atoms with Gasteiger partial charge in [-0.25, -0.2) is 4.98 Å². The average Bonchev–Trinajstić information content (AvgIpc) is 3.18. The van der Waals surface area contributed by atoms with E-state index in [-0.39, 0.29) is 17.1 Å². The molecule has 4 rings (SSSR count). The predicted octanol–water partition coefficient (Wildman–Crippen LogP) is 4.41. The van der Waals surface area contributed by atoms with Crippen LogP contribution in [0.1, 0.15) is 38.2 Å². The van der Waals surface area contributed by atoms with Crippen LogP contribution in [0.5, 0.6) is 0 Å². The molecule has 1 fully saturated rings. The van der Waals surface area contributed by atoms with Crippen LogP contribution in [0.25, 0.3) is 11.0 Å². The van der Waals surface area contributed by atoms with Crippen LogP contribution >= 0.6 is 11.8 Å². The van der Waals surface area contributed by atoms with E-state index >= 15 is 0 Å². The van der Waals surface area contributed by atoms with Gasteiger partial charge in [0.25, 0.3) is 0 Å². The van der Waals surface area contributed by atoms with Crippen molar-refractivity contribution in [1.29, 1.82) is 0 Å². The molecule has 2 N–H and O–H groups in total. The molecule has 0 saturated carbocycles. The molecular formula is C23H26N4O2S. The molecule has 0 aliphatic carbocycles. The van der Waals surface area contributed by atoms with E-state index in [4.69, 9.17) is 0 Å². The van der Waals surface area contributed by atoms with Crippen molar-refractivity contribution in [3.63, 3.8) is 0 Å². The minimum absolute atomic E-state index is 0.0914. The highest BCUT2D eigenvalue weighted by Crippen LogP contribution is 2.33. The lowest BCUT2D eigenvalue weighted by Crippen LogP contribution is -2.41. The number of H-pyrrole nitrogens is 1. The highest BCUT2D eigenvalue weighted by molar-refractivity contribution is 8.00. The predicted molar refractivity (Wildman–Crippen MR) is 121 cm³/mol. The quantitative estimate of drug-likeness (QED) is 0.597. The first-order chi connectivity index (χ1) is 14.5. The van der Waals surface area contributed by atoms with Crippen LogP contribution in [0.2, 0.25) is 0 Å². The zero-order valence-corrected chi connectivity index (χ0v) is 18.0. The summed E-state index contributed by atoms with van der Waals surface area (Å²) in [5, 5.41) is 3.80. The summed E-state index contributed by atoms with van der Waals surface area (Å²) in [7, 11) is 0. The lowest BCUT2D eigenvalue weighted by molar-refractivity contribution is -0.131. The molecule has 30 heavy (non-hydrogen) atoms. The first-order valence-electron chi connectivity index (χ1n) is 10.3. The van der Waals surface area contributed by atoms with Crippen LogP contribution in [-0.4, -0.2) is 45.0 Å². The van der Waals surface area contributed by atoms with Gasteiger partial charge in [-0.15, -0.1) is 11.8 Å². The third-order valence-corrected chi connectivity index (χ3v) is 6.66. The molecule has 1 atom stereocenters. The van der Waals surface area contributed by atoms with E-state index in [1.165, 1.54) is 17.9 Å². The topological polar surface area (TPSA) is 78.1 Å². The normalized spacial score (nSPS) is 15.9. The Morgan fingerprint density at radius 2 is 1.93 bits per heavy atom. The fourth-order valence-corrected chi connectivity index (χ4v) is 5.01. The smallest absolute Gasteiger partial charge is 0.235 e. The second-order valence-corrected chi connectivity index (χ2v) is 9.12. The van der Waals surface area contributed by atoms with Crippen molar-refractivity contribution in [3.05, 3.63) is 54.4 Å². The van der Waals surface area contributed by atoms with Gasteiger partial charge >= 0.3 is 0 Å². The van der Waals surface area contributed by atoms with Crippen LogP contribution in [0.4, 0.5) is 5.69 Å². The highest BCUT2D eigenvalue weighted by atomic mass is 32.2. The molecule has 0 bridgehead atoms. The van der Waals surface area contributed by atoms with Gasteiger partial charge in [-0.05, 0) is 67.6 Å². The summed E-state index contributed by atoms with van der Waals surface area (Å²) in [4.78, 5) is 34.7. The minimum Gasteiger partial charge on any atom is -0.346 e. The van der Waals surface area contributed by atoms with Crippen molar-refractivity contribution >= 4 is 40.3 Å². The van der Waals surface area contributed by atoms with Gasteiger partial charge in [0, 0.05) is 48.4 Å². The Morgan fingerprint density at radius 3 is 2.63 bits per heavy atom. The Kier molecular flexibility index (Phi) is 6.08. The van der Waals surface area contributed by atoms with Crippen LogP contribution in [0, 0.1) is 0 Å². The summed E-state index contributed by atoms with van der Waals surface area (Å²) in [6, 6.07) is 11.7. The number of pyridine rings is 1. The van der Waals surface area contributed by atoms with E-state index in [0.717, 1.165) is 42.2 Å². The van der Waals surface area contributed by atoms with Crippen molar-refractivity contribution in [1.82, 2.24) is 14.9 Å². The Bertz CT molecular complexity index is 1040. The van der Waals surface area contributed by atoms with Crippen molar-refractivity contribution in [2.24, 2.45) is 0 Å². The molecule has 2 aromatic heterocycles. The summed E-state index contributed by atoms with van der Waals surface area (Å²) in [5.41, 5.74) is 3.01. The fourth-order valence-electron chi connectivity index (χ4n) is 4.06. The van der Waals surface area contributed by atoms with Crippen LogP contribution in [0.15, 0.2) is 53.7 Å². The number of carbonyl (C=O) groups is 2. The van der Waals surface area contributed by atoms with E-state index in [0.29, 0.717) is 5.92 Å². The number of hydrogen-bond donors (Lipinski definition) is 2. The van der Waals surface area contributed by atoms with Crippen LogP contribution < -0.4 is 5.32 Å². The Hall–Kier alpha value is -2.80. The number of piperidine rings is 1. The zero-order chi connectivity index (χ0) is 21.1. The van der Waals surface area contributed by atoms with Crippen molar-refractivity contribution < 1.29 is 9.59 Å². The number of amides is 2. The summed E-state index contributed by atoms with van der Waals surface area (Å²) in [5.74, 6) is 0.549. The third kappa shape index (κ3) is 4.51. The molecule has 0 radical (unpaired) electrons. The van der Waals surface area contributed by atoms with Gasteiger partial charge < -0.3 is 15.2 Å². The van der Waals surface area contributed by atoms with Crippen molar-refractivity contribution in [2.75, 3.05) is 18.4 Å². The fraction of sp³-hybridized carbons (Fsp3) is 0.348. The molecule has 156 valence electrons. The maximum Gasteiger partial charge on any atom is 0.235 e. The van der Waals surface area contributed by atoms with Gasteiger partial charge in [0.05, 0.1) is 5.25 Å². The second-order valence-electron chi connectivity index (χ2n) is 7.71. The molecule has 3 aromatic rings. The molecule has 3 heterocycles. The number of anilines is 1. The summed E-state index contributed by atoms with van der Waals surface area (Å²) < 4.78 is 0. The van der Waals surface area contributed by atoms with Gasteiger partial charge in [-0.2, -0.15) is 0 Å². The number of benzene rings is 1. The van der Waals surface area contributed by atoms with E-state index in [2.05, 4.69) is 27.5 Å². The molecule has 2 amide bonds. The average molecular weight is 423 g/mol. The summed E-state index contributed by atoms with van der Waals surface area (Å²) in [6.07, 6.45) is 5.81. The number of fused-ring (bicyclic) bond motifs is 1. The maximum atomic E-state index is 13.0. The molecule has 7 heteroatoms. The molecule has 1 unspecified atom stereocenters. The number of aromatic amines is 1. The van der Waals surface area contributed by atoms with Crippen LogP contribution in [0.3, 0.4) is 0 Å². The number of likely N-dealkylation sites (tertiary alicyclic amines) is 1. The number of carbonyl (C=O) groups excluding carboxylic acids is 2. The molecule has 1 saturated heterocycles. The van der Waals surface area contributed by atoms with E-state index in [9.17, 15) is 9.59 Å². The standard InChI is InChI=1S/C23H26N4O2S/c1-15(30-19-7-5-18(6-8-19)26-16(2)28)23(29)27-12-9-17(10-13-27)21-14-25-22-20(21)4-3-11-24-22/h3-8,11,14-15,17H,9-10,12-13H2,1-2H3,(H,24,25)(H,26,28). The monoisotopic (exact) mass is 422 g/mol. The Labute approximate surface area is 180 Å². The molecule has 1 aromatic carbocycles. The number of thioether (sulfide) groups is 1. The Balaban J connectivity index is 1.33. The molecule has 1 aliphatic heterocycles. The van der Waals surface area contributed by atoms with Gasteiger partial charge in [-0.1, -0.05) is 0 Å². The molecule has 6 nitrogen and oxygen atoms in total. The number of hydrogen-bond acceptors (Lipinski definition) is 4. The molecule has 1 aliphatic rings. The number of rotatable bonds is 5. The van der Waals surface area contributed by atoms with E-state index < -0.39 is 0 Å². The van der Waals surface area contributed by atoms with E-state index in [1.54, 1.807) is 18.0 Å². The van der Waals surface area contributed by atoms with E-state index in [1.807, 2.05) is 42.2 Å². The van der Waals surface area contributed by atoms with Gasteiger partial charge in [0.15, 0.2) is 0 Å².